The molecule has 0 spiro atoms. The molecule has 4 aromatic rings. The molecule has 1 N–H and O–H groups in total. The predicted molar refractivity (Wildman–Crippen MR) is 72.3 cm³/mol. The predicted octanol–water partition coefficient (Wildman–Crippen LogP) is 0.934. The second-order valence-electron chi connectivity index (χ2n) is 4.52. The maximum absolute atomic E-state index is 12.3. The molecule has 0 radical (unpaired) electrons. The van der Waals surface area contributed by atoms with Gasteiger partial charge in [0.15, 0.2) is 5.65 Å². The highest BCUT2D eigenvalue weighted by Crippen LogP contribution is 2.25. The van der Waals surface area contributed by atoms with E-state index in [4.69, 9.17) is 5.26 Å². The summed E-state index contributed by atoms with van der Waals surface area (Å²) in [5.41, 5.74) is 1.57. The van der Waals surface area contributed by atoms with Gasteiger partial charge in [-0.15, -0.1) is 5.10 Å². The summed E-state index contributed by atoms with van der Waals surface area (Å²) in [4.78, 5) is 16.3. The van der Waals surface area contributed by atoms with Gasteiger partial charge in [-0.2, -0.15) is 10.2 Å². The molecule has 20 heavy (non-hydrogen) atoms. The van der Waals surface area contributed by atoms with Gasteiger partial charge in [-0.1, -0.05) is 18.2 Å². The molecule has 7 nitrogen and oxygen atoms in total. The van der Waals surface area contributed by atoms with Crippen molar-refractivity contribution in [1.82, 2.24) is 24.4 Å². The monoisotopic (exact) mass is 264 g/mol. The number of fused-ring (bicyclic) bond motifs is 5. The van der Waals surface area contributed by atoms with Crippen LogP contribution in [0, 0.1) is 11.3 Å². The zero-order valence-corrected chi connectivity index (χ0v) is 10.5. The Morgan fingerprint density at radius 3 is 2.95 bits per heavy atom. The SMILES string of the molecule is Cn1c2ccccc2c2c(=O)nc3c(C#N)n[nH]n3c21. The van der Waals surface area contributed by atoms with Crippen molar-refractivity contribution in [3.05, 3.63) is 40.3 Å². The molecular weight excluding hydrogens is 256 g/mol. The number of hydrogen-bond donors (Lipinski definition) is 1. The fraction of sp³-hybridized carbons (Fsp3) is 0.0769. The molecule has 4 rings (SSSR count). The molecule has 0 atom stereocenters. The van der Waals surface area contributed by atoms with Gasteiger partial charge in [-0.25, -0.2) is 9.73 Å². The molecule has 96 valence electrons. The topological polar surface area (TPSA) is 91.8 Å². The quantitative estimate of drug-likeness (QED) is 0.511. The minimum absolute atomic E-state index is 0.106. The molecule has 3 heterocycles. The van der Waals surface area contributed by atoms with E-state index in [-0.39, 0.29) is 16.9 Å². The number of rotatable bonds is 0. The largest absolute Gasteiger partial charge is 0.328 e. The maximum Gasteiger partial charge on any atom is 0.283 e. The Labute approximate surface area is 111 Å². The Bertz CT molecular complexity index is 1090. The van der Waals surface area contributed by atoms with Gasteiger partial charge in [0, 0.05) is 12.4 Å². The van der Waals surface area contributed by atoms with Crippen molar-refractivity contribution in [2.24, 2.45) is 7.05 Å². The van der Waals surface area contributed by atoms with E-state index in [9.17, 15) is 4.79 Å². The third-order valence-corrected chi connectivity index (χ3v) is 3.50. The number of hydrogen-bond acceptors (Lipinski definition) is 4. The number of para-hydroxylation sites is 1. The lowest BCUT2D eigenvalue weighted by molar-refractivity contribution is 0.835. The second kappa shape index (κ2) is 3.45. The zero-order chi connectivity index (χ0) is 13.9. The maximum atomic E-state index is 12.3. The van der Waals surface area contributed by atoms with Crippen molar-refractivity contribution < 1.29 is 0 Å². The van der Waals surface area contributed by atoms with Crippen LogP contribution in [0.2, 0.25) is 0 Å². The van der Waals surface area contributed by atoms with Gasteiger partial charge in [0.25, 0.3) is 5.56 Å². The minimum atomic E-state index is -0.352. The Kier molecular flexibility index (Phi) is 1.85. The summed E-state index contributed by atoms with van der Waals surface area (Å²) >= 11 is 0. The van der Waals surface area contributed by atoms with Gasteiger partial charge in [-0.3, -0.25) is 4.79 Å². The Morgan fingerprint density at radius 1 is 1.35 bits per heavy atom. The minimum Gasteiger partial charge on any atom is -0.328 e. The zero-order valence-electron chi connectivity index (χ0n) is 10.5. The van der Waals surface area contributed by atoms with Crippen LogP contribution < -0.4 is 5.56 Å². The average molecular weight is 264 g/mol. The van der Waals surface area contributed by atoms with Crippen molar-refractivity contribution in [1.29, 1.82) is 5.26 Å². The van der Waals surface area contributed by atoms with Gasteiger partial charge in [0.2, 0.25) is 5.69 Å². The molecule has 7 heteroatoms. The van der Waals surface area contributed by atoms with Crippen molar-refractivity contribution in [3.8, 4) is 6.07 Å². The van der Waals surface area contributed by atoms with Gasteiger partial charge < -0.3 is 4.57 Å². The van der Waals surface area contributed by atoms with Crippen LogP contribution in [0.3, 0.4) is 0 Å². The summed E-state index contributed by atoms with van der Waals surface area (Å²) < 4.78 is 3.45. The normalized spacial score (nSPS) is 11.4. The standard InChI is InChI=1S/C13H8N6O/c1-18-9-5-3-2-4-7(9)10-12(20)15-11-8(6-14)16-17-19(11)13(10)18/h2-5,17H,1H3. The molecule has 0 saturated heterocycles. The van der Waals surface area contributed by atoms with E-state index in [0.29, 0.717) is 11.0 Å². The van der Waals surface area contributed by atoms with Crippen LogP contribution in [-0.4, -0.2) is 24.4 Å². The number of H-pyrrole nitrogens is 1. The van der Waals surface area contributed by atoms with Crippen LogP contribution in [-0.2, 0) is 7.05 Å². The highest BCUT2D eigenvalue weighted by molar-refractivity contribution is 6.06. The second-order valence-corrected chi connectivity index (χ2v) is 4.52. The summed E-state index contributed by atoms with van der Waals surface area (Å²) in [6.45, 7) is 0. The number of nitrogens with one attached hydrogen (secondary N) is 1. The first kappa shape index (κ1) is 10.8. The van der Waals surface area contributed by atoms with E-state index >= 15 is 0 Å². The number of aromatic nitrogens is 5. The lowest BCUT2D eigenvalue weighted by Gasteiger charge is -1.99. The molecule has 0 aliphatic heterocycles. The Balaban J connectivity index is 2.43. The first-order chi connectivity index (χ1) is 9.72. The molecule has 0 fully saturated rings. The summed E-state index contributed by atoms with van der Waals surface area (Å²) in [5, 5.41) is 17.0. The Hall–Kier alpha value is -3.14. The molecule has 0 saturated carbocycles. The fourth-order valence-corrected chi connectivity index (χ4v) is 2.63. The number of aromatic amines is 1. The van der Waals surface area contributed by atoms with E-state index in [1.807, 2.05) is 41.9 Å². The fourth-order valence-electron chi connectivity index (χ4n) is 2.63. The first-order valence-corrected chi connectivity index (χ1v) is 5.96. The first-order valence-electron chi connectivity index (χ1n) is 5.96. The highest BCUT2D eigenvalue weighted by Gasteiger charge is 2.18. The molecule has 3 aromatic heterocycles. The van der Waals surface area contributed by atoms with Crippen LogP contribution in [0.15, 0.2) is 29.1 Å². The van der Waals surface area contributed by atoms with E-state index in [1.165, 1.54) is 0 Å². The van der Waals surface area contributed by atoms with E-state index in [1.54, 1.807) is 4.52 Å². The van der Waals surface area contributed by atoms with Gasteiger partial charge in [0.1, 0.15) is 11.7 Å². The van der Waals surface area contributed by atoms with Crippen molar-refractivity contribution in [3.63, 3.8) is 0 Å². The lowest BCUT2D eigenvalue weighted by Crippen LogP contribution is -2.11. The van der Waals surface area contributed by atoms with Gasteiger partial charge >= 0.3 is 0 Å². The highest BCUT2D eigenvalue weighted by atomic mass is 16.1. The van der Waals surface area contributed by atoms with E-state index in [2.05, 4.69) is 15.3 Å². The molecule has 0 unspecified atom stereocenters. The van der Waals surface area contributed by atoms with E-state index in [0.717, 1.165) is 10.9 Å². The van der Waals surface area contributed by atoms with Crippen LogP contribution in [0.1, 0.15) is 5.69 Å². The number of nitrogens with zero attached hydrogens (tertiary/aromatic N) is 5. The Morgan fingerprint density at radius 2 is 2.15 bits per heavy atom. The van der Waals surface area contributed by atoms with Gasteiger partial charge in [0.05, 0.1) is 10.9 Å². The van der Waals surface area contributed by atoms with Crippen LogP contribution in [0.5, 0.6) is 0 Å². The van der Waals surface area contributed by atoms with Crippen LogP contribution in [0.4, 0.5) is 0 Å². The summed E-state index contributed by atoms with van der Waals surface area (Å²) in [6.07, 6.45) is 0. The molecule has 0 aliphatic rings. The number of aryl methyl sites for hydroxylation is 1. The van der Waals surface area contributed by atoms with E-state index < -0.39 is 0 Å². The third kappa shape index (κ3) is 1.10. The van der Waals surface area contributed by atoms with Crippen molar-refractivity contribution >= 4 is 27.6 Å². The third-order valence-electron chi connectivity index (χ3n) is 3.50. The van der Waals surface area contributed by atoms with Crippen LogP contribution in [0.25, 0.3) is 27.6 Å². The lowest BCUT2D eigenvalue weighted by atomic mass is 10.2. The van der Waals surface area contributed by atoms with Gasteiger partial charge in [-0.05, 0) is 6.07 Å². The molecule has 1 aromatic carbocycles. The number of nitriles is 1. The average Bonchev–Trinajstić information content (AvgIpc) is 2.99. The summed E-state index contributed by atoms with van der Waals surface area (Å²) in [6, 6.07) is 9.53. The van der Waals surface area contributed by atoms with Crippen LogP contribution >= 0.6 is 0 Å². The number of benzene rings is 1. The molecule has 0 amide bonds. The smallest absolute Gasteiger partial charge is 0.283 e. The van der Waals surface area contributed by atoms with Crippen molar-refractivity contribution in [2.45, 2.75) is 0 Å². The molecule has 0 bridgehead atoms. The van der Waals surface area contributed by atoms with Crippen molar-refractivity contribution in [2.75, 3.05) is 0 Å². The summed E-state index contributed by atoms with van der Waals surface area (Å²) in [7, 11) is 1.86. The molecular formula is C13H8N6O. The molecule has 0 aliphatic carbocycles. The summed E-state index contributed by atoms with van der Waals surface area (Å²) in [5.74, 6) is 0.